The molecule has 0 saturated carbocycles. The van der Waals surface area contributed by atoms with E-state index in [0.717, 1.165) is 27.8 Å². The van der Waals surface area contributed by atoms with Gasteiger partial charge in [-0.1, -0.05) is 222 Å². The van der Waals surface area contributed by atoms with Gasteiger partial charge in [0.05, 0.1) is 31.9 Å². The number of fused-ring (bicyclic) bond motifs is 1. The molecule has 0 saturated heterocycles. The van der Waals surface area contributed by atoms with E-state index < -0.39 is 96.4 Å². The Labute approximate surface area is 467 Å². The van der Waals surface area contributed by atoms with Crippen molar-refractivity contribution < 1.29 is 49.5 Å². The zero-order chi connectivity index (χ0) is 65.3. The Kier molecular flexibility index (Phi) is 9.28. The topological polar surface area (TPSA) is 50.9 Å². The number of hydrogen-bond donors (Lipinski definition) is 1. The van der Waals surface area contributed by atoms with Crippen molar-refractivity contribution in [2.24, 2.45) is 0 Å². The van der Waals surface area contributed by atoms with E-state index in [2.05, 4.69) is 76.9 Å². The Morgan fingerprint density at radius 3 is 1.90 bits per heavy atom. The van der Waals surface area contributed by atoms with Crippen LogP contribution in [0, 0.1) is 6.07 Å². The molecule has 7 aromatic carbocycles. The monoisotopic (exact) mass is 1140 g/mol. The number of phenols is 1. The van der Waals surface area contributed by atoms with Crippen molar-refractivity contribution in [2.75, 3.05) is 0 Å². The van der Waals surface area contributed by atoms with Crippen molar-refractivity contribution >= 4 is 11.0 Å². The number of pyridine rings is 1. The molecule has 0 aliphatic heterocycles. The van der Waals surface area contributed by atoms with Gasteiger partial charge in [-0.3, -0.25) is 9.55 Å². The second-order valence-electron chi connectivity index (χ2n) is 21.7. The smallest absolute Gasteiger partial charge is 0.148 e. The summed E-state index contributed by atoms with van der Waals surface area (Å²) in [5, 5.41) is 12.8. The summed E-state index contributed by atoms with van der Waals surface area (Å²) in [6, 6.07) is 33.7. The molecule has 0 bridgehead atoms. The van der Waals surface area contributed by atoms with E-state index in [0.29, 0.717) is 55.9 Å². The Bertz CT molecular complexity index is 4170. The fraction of sp³-hybridized carbons (Fsp3) is 0.284. The minimum Gasteiger partial charge on any atom is -0.507 e. The van der Waals surface area contributed by atoms with Crippen LogP contribution < -0.4 is 0 Å². The van der Waals surface area contributed by atoms with Crippen LogP contribution in [0.2, 0.25) is 0 Å². The fourth-order valence-electron chi connectivity index (χ4n) is 8.81. The first-order valence-electron chi connectivity index (χ1n) is 32.3. The molecule has 72 heavy (non-hydrogen) atoms. The molecule has 0 unspecified atom stereocenters. The predicted molar refractivity (Wildman–Crippen MR) is 301 cm³/mol. The SMILES string of the molecule is [2H]c1nc(-c2[c-]c(-c3cccc4c3nc(-c3cc(C(C)(C)C)cc(C(C)(C)C)c3O)n4-c3ccc(C([2H])(C)C)cc3-c3ccc(C(C)(C)C)cc3)cc(-c3ccccc3)c2)c([2H])c(-c2c([2H])c([2H])c(C(C([2H])([2H])[2H])(C([2H])([2H])[2H])C([2H])([2H])[2H])c([2H])c2[2H])c1[2H].[Pt]. The maximum absolute atomic E-state index is 12.8. The predicted octanol–water partition coefficient (Wildman–Crippen LogP) is 18.2. The molecule has 9 rings (SSSR count). The molecule has 0 radical (unpaired) electrons. The molecule has 2 heterocycles. The number of aromatic hydroxyl groups is 1. The summed E-state index contributed by atoms with van der Waals surface area (Å²) in [5.74, 6) is -0.565. The van der Waals surface area contributed by atoms with E-state index >= 15 is 0 Å². The molecule has 0 spiro atoms. The van der Waals surface area contributed by atoms with Crippen molar-refractivity contribution in [3.05, 3.63) is 192 Å². The molecule has 0 amide bonds. The van der Waals surface area contributed by atoms with Gasteiger partial charge in [0.15, 0.2) is 0 Å². The summed E-state index contributed by atoms with van der Waals surface area (Å²) in [7, 11) is 0. The van der Waals surface area contributed by atoms with Crippen LogP contribution in [0.3, 0.4) is 0 Å². The van der Waals surface area contributed by atoms with Crippen LogP contribution >= 0.6 is 0 Å². The van der Waals surface area contributed by atoms with Crippen LogP contribution in [-0.4, -0.2) is 19.6 Å². The first kappa shape index (κ1) is 34.1. The molecule has 0 atom stereocenters. The molecule has 0 fully saturated rings. The van der Waals surface area contributed by atoms with E-state index in [-0.39, 0.29) is 48.9 Å². The third-order valence-corrected chi connectivity index (χ3v) is 13.0. The van der Waals surface area contributed by atoms with Crippen molar-refractivity contribution in [3.8, 4) is 78.6 Å². The average molecular weight is 1150 g/mol. The van der Waals surface area contributed by atoms with Crippen molar-refractivity contribution in [3.63, 3.8) is 0 Å². The molecule has 1 N–H and O–H groups in total. The van der Waals surface area contributed by atoms with Gasteiger partial charge < -0.3 is 5.11 Å². The van der Waals surface area contributed by atoms with Gasteiger partial charge in [-0.2, -0.15) is 0 Å². The number of hydrogen-bond acceptors (Lipinski definition) is 3. The van der Waals surface area contributed by atoms with E-state index in [4.69, 9.17) is 22.8 Å². The standard InChI is InChI=1S/C67H70N3O.Pt/c1-42(2)46-27-32-59(55(38-46)45-25-30-52(31-26-45)65(6,7)8)70-60-22-18-21-54(61(60)69-63(70)56-40-53(66(9,10)11)41-57(62(56)71)67(12,13)14)49-35-48(43-19-16-15-17-20-43)36-50(37-49)58-39-47(33-34-68-58)44-23-28-51(29-24-44)64(3,4)5;/h15-36,38-42,71H,1-14H3;/q-1;/i3D3,4D3,5D3,23D,24D,28D,29D,33D,34D,39D,42D;. The van der Waals surface area contributed by atoms with Crippen molar-refractivity contribution in [2.45, 2.75) is 124 Å². The Hall–Kier alpha value is -6.35. The third kappa shape index (κ3) is 10.4. The van der Waals surface area contributed by atoms with E-state index in [1.807, 2.05) is 124 Å². The molecule has 5 heteroatoms. The van der Waals surface area contributed by atoms with Crippen LogP contribution in [0.25, 0.3) is 83.9 Å². The molecule has 370 valence electrons. The summed E-state index contributed by atoms with van der Waals surface area (Å²) in [6.07, 6.45) is -0.773. The number of para-hydroxylation sites is 1. The normalized spacial score (nSPS) is 16.5. The van der Waals surface area contributed by atoms with Gasteiger partial charge in [0, 0.05) is 57.8 Å². The van der Waals surface area contributed by atoms with Gasteiger partial charge in [-0.15, -0.1) is 23.8 Å². The molecule has 0 aliphatic carbocycles. The molecule has 2 aromatic heterocycles. The minimum absolute atomic E-state index is 0. The number of imidazole rings is 1. The number of phenolic OH excluding ortho intramolecular Hbond substituents is 1. The van der Waals surface area contributed by atoms with Gasteiger partial charge in [-0.05, 0) is 102 Å². The average Bonchev–Trinajstić information content (AvgIpc) is 1.15. The molecule has 4 nitrogen and oxygen atoms in total. The summed E-state index contributed by atoms with van der Waals surface area (Å²) < 4.78 is 151. The summed E-state index contributed by atoms with van der Waals surface area (Å²) in [5.41, 5.74) is 1.55. The Morgan fingerprint density at radius 2 is 1.26 bits per heavy atom. The van der Waals surface area contributed by atoms with Crippen LogP contribution in [0.5, 0.6) is 5.75 Å². The number of nitrogens with zero attached hydrogens (tertiary/aromatic N) is 3. The van der Waals surface area contributed by atoms with Gasteiger partial charge in [-0.25, -0.2) is 4.98 Å². The number of aromatic nitrogens is 3. The third-order valence-electron chi connectivity index (χ3n) is 13.0. The molecular formula is C67H70N3OPt-. The van der Waals surface area contributed by atoms with Crippen LogP contribution in [0.15, 0.2) is 158 Å². The van der Waals surface area contributed by atoms with Crippen molar-refractivity contribution in [1.82, 2.24) is 14.5 Å². The summed E-state index contributed by atoms with van der Waals surface area (Å²) >= 11 is 0. The minimum atomic E-state index is -3.95. The van der Waals surface area contributed by atoms with E-state index in [9.17, 15) is 10.6 Å². The van der Waals surface area contributed by atoms with E-state index in [1.54, 1.807) is 6.07 Å². The largest absolute Gasteiger partial charge is 0.507 e. The van der Waals surface area contributed by atoms with Gasteiger partial charge >= 0.3 is 0 Å². The zero-order valence-corrected chi connectivity index (χ0v) is 44.8. The van der Waals surface area contributed by atoms with Gasteiger partial charge in [0.25, 0.3) is 0 Å². The molecular weight excluding hydrogens is 1060 g/mol. The first-order chi connectivity index (χ1) is 40.4. The van der Waals surface area contributed by atoms with Gasteiger partial charge in [0.1, 0.15) is 11.6 Å². The van der Waals surface area contributed by atoms with Crippen LogP contribution in [-0.2, 0) is 42.7 Å². The first-order valence-corrected chi connectivity index (χ1v) is 23.8. The molecule has 9 aromatic rings. The van der Waals surface area contributed by atoms with Crippen molar-refractivity contribution in [1.29, 1.82) is 0 Å². The second kappa shape index (κ2) is 19.6. The number of rotatable bonds is 8. The summed E-state index contributed by atoms with van der Waals surface area (Å²) in [4.78, 5) is 9.98. The van der Waals surface area contributed by atoms with E-state index in [1.165, 1.54) is 0 Å². The Morgan fingerprint density at radius 1 is 0.583 bits per heavy atom. The van der Waals surface area contributed by atoms with Crippen LogP contribution in [0.1, 0.15) is 154 Å². The number of benzene rings is 7. The maximum atomic E-state index is 12.8. The van der Waals surface area contributed by atoms with Crippen LogP contribution in [0.4, 0.5) is 0 Å². The zero-order valence-electron chi connectivity index (χ0n) is 59.6. The molecule has 0 aliphatic rings. The second-order valence-corrected chi connectivity index (χ2v) is 21.7. The fourth-order valence-corrected chi connectivity index (χ4v) is 8.81. The quantitative estimate of drug-likeness (QED) is 0.154. The maximum Gasteiger partial charge on any atom is 0.148 e. The summed E-state index contributed by atoms with van der Waals surface area (Å²) in [6.45, 7) is 10.7. The van der Waals surface area contributed by atoms with Gasteiger partial charge in [0.2, 0.25) is 0 Å². The Balaban J connectivity index is 0.0000102.